The van der Waals surface area contributed by atoms with Gasteiger partial charge in [-0.2, -0.15) is 0 Å². The molecule has 3 N–H and O–H groups in total. The largest absolute Gasteiger partial charge is 0.310 e. The average molecular weight is 296 g/mol. The third-order valence-corrected chi connectivity index (χ3v) is 4.84. The lowest BCUT2D eigenvalue weighted by Crippen LogP contribution is -2.29. The normalized spacial score (nSPS) is 18.4. The monoisotopic (exact) mass is 296 g/mol. The molecule has 0 atom stereocenters. The highest BCUT2D eigenvalue weighted by atomic mass is 32.2. The van der Waals surface area contributed by atoms with Gasteiger partial charge in [0.25, 0.3) is 0 Å². The standard InChI is InChI=1S/C15H24N2O2S/c16-20(18,19)15-10-6-7-13(11-15)12-17-14-8-4-2-1-3-5-9-14/h6-7,10-11,14,17H,1-5,8-9,12H2,(H2,16,18,19). The summed E-state index contributed by atoms with van der Waals surface area (Å²) < 4.78 is 22.7. The van der Waals surface area contributed by atoms with E-state index in [1.165, 1.54) is 51.0 Å². The third-order valence-electron chi connectivity index (χ3n) is 3.93. The second-order valence-corrected chi connectivity index (χ2v) is 7.18. The van der Waals surface area contributed by atoms with Crippen molar-refractivity contribution in [1.82, 2.24) is 5.32 Å². The summed E-state index contributed by atoms with van der Waals surface area (Å²) in [7, 11) is -3.61. The number of nitrogens with one attached hydrogen (secondary N) is 1. The Balaban J connectivity index is 1.93. The summed E-state index contributed by atoms with van der Waals surface area (Å²) in [5.74, 6) is 0. The quantitative estimate of drug-likeness (QED) is 0.897. The van der Waals surface area contributed by atoms with Gasteiger partial charge in [0.05, 0.1) is 4.90 Å². The molecular weight excluding hydrogens is 272 g/mol. The molecule has 0 amide bonds. The molecule has 0 aromatic heterocycles. The Morgan fingerprint density at radius 1 is 1.10 bits per heavy atom. The Morgan fingerprint density at radius 3 is 2.40 bits per heavy atom. The highest BCUT2D eigenvalue weighted by molar-refractivity contribution is 7.89. The SMILES string of the molecule is NS(=O)(=O)c1cccc(CNC2CCCCCCC2)c1. The van der Waals surface area contributed by atoms with Crippen LogP contribution in [0.5, 0.6) is 0 Å². The van der Waals surface area contributed by atoms with Crippen molar-refractivity contribution >= 4 is 10.0 Å². The molecule has 0 radical (unpaired) electrons. The van der Waals surface area contributed by atoms with Crippen molar-refractivity contribution in [3.05, 3.63) is 29.8 Å². The minimum Gasteiger partial charge on any atom is -0.310 e. The Labute approximate surface area is 121 Å². The molecule has 1 saturated carbocycles. The van der Waals surface area contributed by atoms with E-state index in [2.05, 4.69) is 5.32 Å². The molecule has 2 rings (SSSR count). The van der Waals surface area contributed by atoms with Gasteiger partial charge in [-0.15, -0.1) is 0 Å². The van der Waals surface area contributed by atoms with E-state index in [1.807, 2.05) is 6.07 Å². The lowest BCUT2D eigenvalue weighted by molar-refractivity contribution is 0.389. The number of nitrogens with two attached hydrogens (primary N) is 1. The van der Waals surface area contributed by atoms with Crippen LogP contribution >= 0.6 is 0 Å². The van der Waals surface area contributed by atoms with E-state index in [0.717, 1.165) is 5.56 Å². The Morgan fingerprint density at radius 2 is 1.75 bits per heavy atom. The van der Waals surface area contributed by atoms with Gasteiger partial charge in [0.15, 0.2) is 0 Å². The molecule has 20 heavy (non-hydrogen) atoms. The lowest BCUT2D eigenvalue weighted by Gasteiger charge is -2.21. The maximum absolute atomic E-state index is 11.3. The van der Waals surface area contributed by atoms with E-state index in [0.29, 0.717) is 12.6 Å². The lowest BCUT2D eigenvalue weighted by atomic mass is 9.96. The number of hydrogen-bond acceptors (Lipinski definition) is 3. The van der Waals surface area contributed by atoms with E-state index in [9.17, 15) is 8.42 Å². The maximum atomic E-state index is 11.3. The van der Waals surface area contributed by atoms with Crippen LogP contribution in [0, 0.1) is 0 Å². The van der Waals surface area contributed by atoms with Gasteiger partial charge in [-0.05, 0) is 30.5 Å². The van der Waals surface area contributed by atoms with Gasteiger partial charge < -0.3 is 5.32 Å². The second-order valence-electron chi connectivity index (χ2n) is 5.62. The van der Waals surface area contributed by atoms with Gasteiger partial charge >= 0.3 is 0 Å². The minimum atomic E-state index is -3.61. The predicted octanol–water partition coefficient (Wildman–Crippen LogP) is 2.54. The summed E-state index contributed by atoms with van der Waals surface area (Å²) in [5, 5.41) is 8.70. The average Bonchev–Trinajstić information content (AvgIpc) is 2.37. The number of primary sulfonamides is 1. The summed E-state index contributed by atoms with van der Waals surface area (Å²) in [5.41, 5.74) is 0.971. The highest BCUT2D eigenvalue weighted by Crippen LogP contribution is 2.18. The van der Waals surface area contributed by atoms with Crippen molar-refractivity contribution in [2.75, 3.05) is 0 Å². The predicted molar refractivity (Wildman–Crippen MR) is 80.8 cm³/mol. The van der Waals surface area contributed by atoms with Crippen molar-refractivity contribution < 1.29 is 8.42 Å². The summed E-state index contributed by atoms with van der Waals surface area (Å²) in [6, 6.07) is 7.42. The summed E-state index contributed by atoms with van der Waals surface area (Å²) >= 11 is 0. The molecule has 1 fully saturated rings. The van der Waals surface area contributed by atoms with Gasteiger partial charge in [-0.25, -0.2) is 13.6 Å². The second kappa shape index (κ2) is 7.20. The molecule has 0 saturated heterocycles. The molecule has 1 aliphatic rings. The first-order valence-electron chi connectivity index (χ1n) is 7.41. The number of sulfonamides is 1. The first-order chi connectivity index (χ1) is 9.55. The molecular formula is C15H24N2O2S. The van der Waals surface area contributed by atoms with Crippen molar-refractivity contribution in [3.63, 3.8) is 0 Å². The Bertz CT molecular complexity index is 520. The van der Waals surface area contributed by atoms with E-state index < -0.39 is 10.0 Å². The van der Waals surface area contributed by atoms with E-state index in [1.54, 1.807) is 12.1 Å². The Kier molecular flexibility index (Phi) is 5.57. The summed E-state index contributed by atoms with van der Waals surface area (Å²) in [4.78, 5) is 0.189. The van der Waals surface area contributed by atoms with Crippen LogP contribution < -0.4 is 10.5 Å². The van der Waals surface area contributed by atoms with Crippen LogP contribution in [0.1, 0.15) is 50.5 Å². The number of rotatable bonds is 4. The van der Waals surface area contributed by atoms with Gasteiger partial charge in [-0.1, -0.05) is 44.2 Å². The van der Waals surface area contributed by atoms with Crippen LogP contribution in [0.4, 0.5) is 0 Å². The smallest absolute Gasteiger partial charge is 0.238 e. The minimum absolute atomic E-state index is 0.189. The highest BCUT2D eigenvalue weighted by Gasteiger charge is 2.12. The molecule has 4 nitrogen and oxygen atoms in total. The third kappa shape index (κ3) is 4.89. The molecule has 0 aliphatic heterocycles. The molecule has 0 unspecified atom stereocenters. The van der Waals surface area contributed by atoms with Gasteiger partial charge in [0.2, 0.25) is 10.0 Å². The molecule has 0 heterocycles. The van der Waals surface area contributed by atoms with Crippen LogP contribution in [0.15, 0.2) is 29.2 Å². The van der Waals surface area contributed by atoms with E-state index in [-0.39, 0.29) is 4.90 Å². The van der Waals surface area contributed by atoms with Gasteiger partial charge in [0, 0.05) is 12.6 Å². The van der Waals surface area contributed by atoms with Crippen molar-refractivity contribution in [2.45, 2.75) is 62.4 Å². The van der Waals surface area contributed by atoms with Gasteiger partial charge in [-0.3, -0.25) is 0 Å². The molecule has 0 spiro atoms. The number of hydrogen-bond donors (Lipinski definition) is 2. The molecule has 1 aromatic rings. The first-order valence-corrected chi connectivity index (χ1v) is 8.95. The zero-order valence-corrected chi connectivity index (χ0v) is 12.7. The fraction of sp³-hybridized carbons (Fsp3) is 0.600. The van der Waals surface area contributed by atoms with Gasteiger partial charge in [0.1, 0.15) is 0 Å². The van der Waals surface area contributed by atoms with Crippen LogP contribution in [0.25, 0.3) is 0 Å². The van der Waals surface area contributed by atoms with Crippen molar-refractivity contribution in [3.8, 4) is 0 Å². The van der Waals surface area contributed by atoms with Crippen molar-refractivity contribution in [1.29, 1.82) is 0 Å². The molecule has 0 bridgehead atoms. The van der Waals surface area contributed by atoms with Crippen LogP contribution in [0.2, 0.25) is 0 Å². The number of benzene rings is 1. The summed E-state index contributed by atoms with van der Waals surface area (Å²) in [6.07, 6.45) is 9.04. The van der Waals surface area contributed by atoms with Crippen molar-refractivity contribution in [2.24, 2.45) is 5.14 Å². The van der Waals surface area contributed by atoms with Crippen LogP contribution in [-0.2, 0) is 16.6 Å². The zero-order valence-electron chi connectivity index (χ0n) is 11.8. The molecule has 112 valence electrons. The fourth-order valence-electron chi connectivity index (χ4n) is 2.75. The van der Waals surface area contributed by atoms with E-state index >= 15 is 0 Å². The Hall–Kier alpha value is -0.910. The van der Waals surface area contributed by atoms with E-state index in [4.69, 9.17) is 5.14 Å². The fourth-order valence-corrected chi connectivity index (χ4v) is 3.34. The van der Waals surface area contributed by atoms with Crippen LogP contribution in [-0.4, -0.2) is 14.5 Å². The summed E-state index contributed by atoms with van der Waals surface area (Å²) in [6.45, 7) is 0.702. The molecule has 1 aliphatic carbocycles. The maximum Gasteiger partial charge on any atom is 0.238 e. The van der Waals surface area contributed by atoms with Crippen LogP contribution in [0.3, 0.4) is 0 Å². The topological polar surface area (TPSA) is 72.2 Å². The molecule has 1 aromatic carbocycles. The zero-order chi connectivity index (χ0) is 14.4. The first kappa shape index (κ1) is 15.5. The molecule has 5 heteroatoms.